The summed E-state index contributed by atoms with van der Waals surface area (Å²) in [6, 6.07) is 86.0. The summed E-state index contributed by atoms with van der Waals surface area (Å²) >= 11 is 0. The molecule has 0 N–H and O–H groups in total. The summed E-state index contributed by atoms with van der Waals surface area (Å²) in [4.78, 5) is 2.37. The topological polar surface area (TPSA) is 8.17 Å². The largest absolute Gasteiger partial charge is 0.311 e. The van der Waals surface area contributed by atoms with Crippen molar-refractivity contribution in [1.29, 1.82) is 0 Å². The summed E-state index contributed by atoms with van der Waals surface area (Å²) in [7, 11) is 0. The van der Waals surface area contributed by atoms with E-state index in [2.05, 4.69) is 254 Å². The summed E-state index contributed by atoms with van der Waals surface area (Å²) in [5.74, 6) is 0. The van der Waals surface area contributed by atoms with Gasteiger partial charge in [-0.1, -0.05) is 190 Å². The second kappa shape index (κ2) is 13.7. The first-order valence-corrected chi connectivity index (χ1v) is 23.2. The van der Waals surface area contributed by atoms with Gasteiger partial charge in [0.25, 0.3) is 0 Å². The third-order valence-electron chi connectivity index (χ3n) is 15.2. The van der Waals surface area contributed by atoms with Gasteiger partial charge in [-0.05, 0) is 132 Å². The summed E-state index contributed by atoms with van der Waals surface area (Å²) in [5.41, 5.74) is 25.0. The Kier molecular flexibility index (Phi) is 7.70. The van der Waals surface area contributed by atoms with Crippen LogP contribution in [0.4, 0.5) is 17.1 Å². The van der Waals surface area contributed by atoms with Crippen LogP contribution in [-0.4, -0.2) is 4.57 Å². The fourth-order valence-electron chi connectivity index (χ4n) is 12.4. The van der Waals surface area contributed by atoms with E-state index in [4.69, 9.17) is 0 Å². The van der Waals surface area contributed by atoms with Crippen LogP contribution in [0.15, 0.2) is 231 Å². The van der Waals surface area contributed by atoms with Crippen molar-refractivity contribution in [2.24, 2.45) is 0 Å². The van der Waals surface area contributed by atoms with Crippen LogP contribution in [0.2, 0.25) is 0 Å². The predicted octanol–water partition coefficient (Wildman–Crippen LogP) is 16.6. The van der Waals surface area contributed by atoms with Crippen LogP contribution in [0, 0.1) is 0 Å². The van der Waals surface area contributed by atoms with E-state index < -0.39 is 5.41 Å². The molecule has 310 valence electrons. The molecule has 1 aliphatic heterocycles. The van der Waals surface area contributed by atoms with Crippen LogP contribution in [0.25, 0.3) is 72.0 Å². The van der Waals surface area contributed by atoms with E-state index in [0.29, 0.717) is 0 Å². The van der Waals surface area contributed by atoms with Crippen LogP contribution in [0.1, 0.15) is 47.2 Å². The van der Waals surface area contributed by atoms with Crippen molar-refractivity contribution in [2.75, 3.05) is 4.90 Å². The molecule has 0 radical (unpaired) electrons. The van der Waals surface area contributed by atoms with Gasteiger partial charge in [-0.15, -0.1) is 0 Å². The van der Waals surface area contributed by atoms with E-state index in [-0.39, 0.29) is 5.41 Å². The molecule has 0 fully saturated rings. The molecule has 0 saturated heterocycles. The Morgan fingerprint density at radius 1 is 0.348 bits per heavy atom. The predicted molar refractivity (Wildman–Crippen MR) is 275 cm³/mol. The van der Waals surface area contributed by atoms with Gasteiger partial charge in [0.2, 0.25) is 0 Å². The van der Waals surface area contributed by atoms with Crippen LogP contribution in [0.5, 0.6) is 0 Å². The lowest BCUT2D eigenvalue weighted by Crippen LogP contribution is -2.33. The molecule has 0 amide bonds. The Morgan fingerprint density at radius 3 is 1.70 bits per heavy atom. The van der Waals surface area contributed by atoms with Crippen molar-refractivity contribution in [2.45, 2.75) is 24.7 Å². The van der Waals surface area contributed by atoms with Crippen molar-refractivity contribution in [3.8, 4) is 50.2 Å². The van der Waals surface area contributed by atoms with Gasteiger partial charge >= 0.3 is 0 Å². The normalized spacial score (nSPS) is 15.6. The smallest absolute Gasteiger partial charge is 0.0754 e. The molecule has 1 spiro atoms. The highest BCUT2D eigenvalue weighted by atomic mass is 15.1. The number of benzene rings is 10. The zero-order valence-electron chi connectivity index (χ0n) is 36.8. The maximum absolute atomic E-state index is 2.52. The number of anilines is 3. The highest BCUT2D eigenvalue weighted by molar-refractivity contribution is 6.13. The molecule has 0 bridgehead atoms. The molecule has 0 saturated carbocycles. The van der Waals surface area contributed by atoms with Gasteiger partial charge in [-0.2, -0.15) is 0 Å². The summed E-state index contributed by atoms with van der Waals surface area (Å²) in [6.07, 6.45) is 0. The molecular weight excluding hydrogens is 797 g/mol. The number of para-hydroxylation sites is 4. The lowest BCUT2D eigenvalue weighted by Gasteiger charge is -2.39. The quantitative estimate of drug-likeness (QED) is 0.168. The second-order valence-electron chi connectivity index (χ2n) is 18.8. The molecule has 2 heteroatoms. The van der Waals surface area contributed by atoms with Crippen molar-refractivity contribution >= 4 is 38.9 Å². The van der Waals surface area contributed by atoms with Gasteiger partial charge < -0.3 is 9.47 Å². The number of aromatic nitrogens is 1. The average Bonchev–Trinajstić information content (AvgIpc) is 3.96. The number of nitrogens with zero attached hydrogens (tertiary/aromatic N) is 2. The molecule has 10 aromatic carbocycles. The molecule has 11 aromatic rings. The average molecular weight is 841 g/mol. The molecule has 66 heavy (non-hydrogen) atoms. The van der Waals surface area contributed by atoms with Crippen molar-refractivity contribution < 1.29 is 0 Å². The van der Waals surface area contributed by atoms with Gasteiger partial charge in [0.1, 0.15) is 0 Å². The van der Waals surface area contributed by atoms with Crippen molar-refractivity contribution in [1.82, 2.24) is 4.57 Å². The second-order valence-corrected chi connectivity index (χ2v) is 18.8. The zero-order chi connectivity index (χ0) is 43.7. The summed E-state index contributed by atoms with van der Waals surface area (Å²) in [6.45, 7) is 4.70. The number of rotatable bonds is 5. The van der Waals surface area contributed by atoms with Crippen molar-refractivity contribution in [3.05, 3.63) is 264 Å². The van der Waals surface area contributed by atoms with Gasteiger partial charge in [-0.3, -0.25) is 0 Å². The van der Waals surface area contributed by atoms with Crippen LogP contribution in [0.3, 0.4) is 0 Å². The standard InChI is InChI=1S/C64H44N2/c1-63(2)53-23-9-6-18-48(53)49-39-34-43(40-58(49)63)41-30-35-45(36-31-41)65(44-16-4-3-5-17-44)46-37-32-42(33-38-46)47-21-14-26-56-61(47)52-20-7-10-24-54(52)64(56)55-25-11-13-29-60(55)66-59-28-12-8-19-50(59)51-22-15-27-57(64)62(51)66/h3-40H,1-2H3. The highest BCUT2D eigenvalue weighted by Crippen LogP contribution is 2.62. The third-order valence-corrected chi connectivity index (χ3v) is 15.2. The first-order valence-electron chi connectivity index (χ1n) is 23.2. The fourth-order valence-corrected chi connectivity index (χ4v) is 12.4. The Labute approximate surface area is 385 Å². The lowest BCUT2D eigenvalue weighted by molar-refractivity contribution is 0.660. The van der Waals surface area contributed by atoms with Crippen LogP contribution < -0.4 is 4.90 Å². The van der Waals surface area contributed by atoms with E-state index >= 15 is 0 Å². The number of hydrogen-bond donors (Lipinski definition) is 0. The van der Waals surface area contributed by atoms with Crippen LogP contribution >= 0.6 is 0 Å². The minimum atomic E-state index is -0.486. The van der Waals surface area contributed by atoms with Gasteiger partial charge in [0, 0.05) is 33.2 Å². The Balaban J connectivity index is 0.882. The van der Waals surface area contributed by atoms with Crippen LogP contribution in [-0.2, 0) is 10.8 Å². The highest BCUT2D eigenvalue weighted by Gasteiger charge is 2.51. The molecule has 1 atom stereocenters. The molecule has 2 nitrogen and oxygen atoms in total. The van der Waals surface area contributed by atoms with E-state index in [0.717, 1.165) is 17.1 Å². The maximum atomic E-state index is 2.52. The Bertz CT molecular complexity index is 3780. The maximum Gasteiger partial charge on any atom is 0.0754 e. The first-order chi connectivity index (χ1) is 32.5. The van der Waals surface area contributed by atoms with Gasteiger partial charge in [-0.25, -0.2) is 0 Å². The van der Waals surface area contributed by atoms with Gasteiger partial charge in [0.15, 0.2) is 0 Å². The van der Waals surface area contributed by atoms with E-state index in [1.54, 1.807) is 0 Å². The molecular formula is C64H44N2. The number of hydrogen-bond acceptors (Lipinski definition) is 1. The van der Waals surface area contributed by atoms with Gasteiger partial charge in [0.05, 0.1) is 22.1 Å². The minimum Gasteiger partial charge on any atom is -0.311 e. The van der Waals surface area contributed by atoms with E-state index in [9.17, 15) is 0 Å². The van der Waals surface area contributed by atoms with E-state index in [1.165, 1.54) is 105 Å². The molecule has 14 rings (SSSR count). The zero-order valence-corrected chi connectivity index (χ0v) is 36.8. The summed E-state index contributed by atoms with van der Waals surface area (Å²) < 4.78 is 2.52. The molecule has 3 aliphatic rings. The number of fused-ring (bicyclic) bond motifs is 15. The summed E-state index contributed by atoms with van der Waals surface area (Å²) in [5, 5.41) is 2.59. The van der Waals surface area contributed by atoms with Crippen molar-refractivity contribution in [3.63, 3.8) is 0 Å². The molecule has 1 aromatic heterocycles. The molecule has 2 aliphatic carbocycles. The molecule has 1 unspecified atom stereocenters. The van der Waals surface area contributed by atoms with E-state index in [1.807, 2.05) is 0 Å². The fraction of sp³-hybridized carbons (Fsp3) is 0.0625. The Hall–Kier alpha value is -8.20. The lowest BCUT2D eigenvalue weighted by atomic mass is 9.65. The SMILES string of the molecule is CC1(C)c2ccccc2-c2ccc(-c3ccc(N(c4ccccc4)c4ccc(-c5cccc6c5-c5ccccc5C65c6ccccc6-n6c7ccccc7c7cccc5c76)cc4)cc3)cc21. The third kappa shape index (κ3) is 4.91. The minimum absolute atomic E-state index is 0.0405. The first kappa shape index (κ1) is 37.2. The monoisotopic (exact) mass is 840 g/mol. The Morgan fingerprint density at radius 2 is 0.894 bits per heavy atom. The molecule has 2 heterocycles.